The van der Waals surface area contributed by atoms with Crippen molar-refractivity contribution in [2.75, 3.05) is 19.0 Å². The summed E-state index contributed by atoms with van der Waals surface area (Å²) in [4.78, 5) is 15.5. The van der Waals surface area contributed by atoms with Gasteiger partial charge in [0.2, 0.25) is 0 Å². The van der Waals surface area contributed by atoms with E-state index < -0.39 is 5.91 Å². The third kappa shape index (κ3) is 1.63. The van der Waals surface area contributed by atoms with Crippen LogP contribution in [0.4, 0.5) is 5.69 Å². The fourth-order valence-electron chi connectivity index (χ4n) is 1.79. The van der Waals surface area contributed by atoms with E-state index in [1.807, 2.05) is 0 Å². The van der Waals surface area contributed by atoms with Crippen LogP contribution in [0.3, 0.4) is 0 Å². The van der Waals surface area contributed by atoms with Crippen molar-refractivity contribution >= 4 is 11.6 Å². The maximum absolute atomic E-state index is 11.3. The first-order valence-electron chi connectivity index (χ1n) is 5.22. The molecule has 1 saturated carbocycles. The molecule has 1 aromatic heterocycles. The van der Waals surface area contributed by atoms with Crippen molar-refractivity contribution < 1.29 is 9.90 Å². The topological polar surface area (TPSA) is 88.2 Å². The molecule has 1 heterocycles. The second-order valence-electron chi connectivity index (χ2n) is 4.17. The van der Waals surface area contributed by atoms with E-state index in [0.717, 1.165) is 18.5 Å². The number of carbonyl (C=O) groups is 1. The van der Waals surface area contributed by atoms with Crippen LogP contribution in [0.1, 0.15) is 28.9 Å². The predicted octanol–water partition coefficient (Wildman–Crippen LogP) is 0.246. The first-order chi connectivity index (χ1) is 7.63. The van der Waals surface area contributed by atoms with Crippen molar-refractivity contribution in [1.82, 2.24) is 4.98 Å². The van der Waals surface area contributed by atoms with Crippen LogP contribution in [0.5, 0.6) is 0 Å². The number of anilines is 1. The molecule has 0 bridgehead atoms. The van der Waals surface area contributed by atoms with Crippen LogP contribution >= 0.6 is 0 Å². The average molecular weight is 221 g/mol. The zero-order valence-corrected chi connectivity index (χ0v) is 9.16. The second-order valence-corrected chi connectivity index (χ2v) is 4.17. The number of amides is 1. The molecule has 1 aromatic rings. The van der Waals surface area contributed by atoms with Gasteiger partial charge in [0.05, 0.1) is 24.1 Å². The van der Waals surface area contributed by atoms with E-state index in [2.05, 4.69) is 10.3 Å². The quantitative estimate of drug-likeness (QED) is 0.679. The molecule has 1 aliphatic rings. The number of aliphatic hydroxyl groups excluding tert-OH is 1. The lowest BCUT2D eigenvalue weighted by Crippen LogP contribution is -2.19. The molecule has 0 unspecified atom stereocenters. The van der Waals surface area contributed by atoms with Gasteiger partial charge in [-0.3, -0.25) is 9.78 Å². The van der Waals surface area contributed by atoms with Gasteiger partial charge in [-0.15, -0.1) is 0 Å². The number of aromatic nitrogens is 1. The number of pyridine rings is 1. The van der Waals surface area contributed by atoms with Gasteiger partial charge < -0.3 is 16.2 Å². The molecular formula is C11H15N3O2. The highest BCUT2D eigenvalue weighted by Gasteiger charge is 2.45. The summed E-state index contributed by atoms with van der Waals surface area (Å²) in [5.41, 5.74) is 6.85. The molecular weight excluding hydrogens is 206 g/mol. The summed E-state index contributed by atoms with van der Waals surface area (Å²) in [6, 6.07) is 1.68. The van der Waals surface area contributed by atoms with Crippen molar-refractivity contribution in [3.63, 3.8) is 0 Å². The third-order valence-corrected chi connectivity index (χ3v) is 3.14. The van der Waals surface area contributed by atoms with Crippen molar-refractivity contribution in [2.45, 2.75) is 18.3 Å². The van der Waals surface area contributed by atoms with Crippen LogP contribution in [-0.2, 0) is 5.41 Å². The van der Waals surface area contributed by atoms with E-state index in [1.54, 1.807) is 19.3 Å². The van der Waals surface area contributed by atoms with Crippen molar-refractivity contribution in [1.29, 1.82) is 0 Å². The van der Waals surface area contributed by atoms with E-state index in [1.165, 1.54) is 0 Å². The third-order valence-electron chi connectivity index (χ3n) is 3.14. The Bertz CT molecular complexity index is 427. The lowest BCUT2D eigenvalue weighted by molar-refractivity contribution is 0.100. The number of carbonyl (C=O) groups excluding carboxylic acids is 1. The minimum atomic E-state index is -0.485. The fourth-order valence-corrected chi connectivity index (χ4v) is 1.79. The number of hydrogen-bond donors (Lipinski definition) is 3. The molecule has 0 saturated heterocycles. The van der Waals surface area contributed by atoms with Crippen molar-refractivity contribution in [3.8, 4) is 0 Å². The van der Waals surface area contributed by atoms with Gasteiger partial charge in [0.15, 0.2) is 0 Å². The zero-order chi connectivity index (χ0) is 11.8. The highest BCUT2D eigenvalue weighted by Crippen LogP contribution is 2.47. The first kappa shape index (κ1) is 10.9. The molecule has 1 amide bonds. The van der Waals surface area contributed by atoms with Crippen molar-refractivity contribution in [2.24, 2.45) is 5.73 Å². The maximum atomic E-state index is 11.3. The molecule has 4 N–H and O–H groups in total. The summed E-state index contributed by atoms with van der Waals surface area (Å²) >= 11 is 0. The molecule has 1 aliphatic carbocycles. The number of primary amides is 1. The standard InChI is InChI=1S/C11H15N3O2/c1-13-8-5-14-9(4-7(8)10(12)16)11(6-15)2-3-11/h4-5,13,15H,2-3,6H2,1H3,(H2,12,16). The summed E-state index contributed by atoms with van der Waals surface area (Å²) in [6.07, 6.45) is 3.41. The Labute approximate surface area is 93.7 Å². The average Bonchev–Trinajstić information content (AvgIpc) is 3.09. The molecule has 0 aliphatic heterocycles. The Balaban J connectivity index is 2.43. The van der Waals surface area contributed by atoms with Crippen molar-refractivity contribution in [3.05, 3.63) is 23.5 Å². The van der Waals surface area contributed by atoms with Crippen LogP contribution in [-0.4, -0.2) is 29.7 Å². The smallest absolute Gasteiger partial charge is 0.250 e. The normalized spacial score (nSPS) is 16.9. The predicted molar refractivity (Wildman–Crippen MR) is 60.3 cm³/mol. The summed E-state index contributed by atoms with van der Waals surface area (Å²) in [5.74, 6) is -0.485. The largest absolute Gasteiger partial charge is 0.395 e. The Morgan fingerprint density at radius 3 is 2.81 bits per heavy atom. The number of nitrogens with one attached hydrogen (secondary N) is 1. The van der Waals surface area contributed by atoms with Crippen LogP contribution < -0.4 is 11.1 Å². The summed E-state index contributed by atoms with van der Waals surface area (Å²) in [6.45, 7) is 0.0666. The fraction of sp³-hybridized carbons (Fsp3) is 0.455. The molecule has 16 heavy (non-hydrogen) atoms. The highest BCUT2D eigenvalue weighted by molar-refractivity contribution is 5.98. The van der Waals surface area contributed by atoms with Gasteiger partial charge in [-0.1, -0.05) is 0 Å². The lowest BCUT2D eigenvalue weighted by atomic mass is 10.0. The maximum Gasteiger partial charge on any atom is 0.250 e. The molecule has 0 spiro atoms. The zero-order valence-electron chi connectivity index (χ0n) is 9.16. The Kier molecular flexibility index (Phi) is 2.55. The summed E-state index contributed by atoms with van der Waals surface area (Å²) < 4.78 is 0. The molecule has 5 nitrogen and oxygen atoms in total. The van der Waals surface area contributed by atoms with E-state index in [0.29, 0.717) is 11.3 Å². The minimum absolute atomic E-state index is 0.0666. The van der Waals surface area contributed by atoms with Gasteiger partial charge in [-0.05, 0) is 18.9 Å². The van der Waals surface area contributed by atoms with Gasteiger partial charge in [-0.2, -0.15) is 0 Å². The molecule has 86 valence electrons. The molecule has 0 aromatic carbocycles. The van der Waals surface area contributed by atoms with Crippen LogP contribution in [0.15, 0.2) is 12.3 Å². The first-order valence-corrected chi connectivity index (χ1v) is 5.22. The molecule has 5 heteroatoms. The molecule has 0 radical (unpaired) electrons. The number of nitrogens with two attached hydrogens (primary N) is 1. The van der Waals surface area contributed by atoms with E-state index in [-0.39, 0.29) is 12.0 Å². The Morgan fingerprint density at radius 2 is 2.38 bits per heavy atom. The van der Waals surface area contributed by atoms with Gasteiger partial charge >= 0.3 is 0 Å². The summed E-state index contributed by atoms with van der Waals surface area (Å²) in [7, 11) is 1.71. The van der Waals surface area contributed by atoms with Gasteiger partial charge in [-0.25, -0.2) is 0 Å². The number of hydrogen-bond acceptors (Lipinski definition) is 4. The van der Waals surface area contributed by atoms with Crippen LogP contribution in [0, 0.1) is 0 Å². The van der Waals surface area contributed by atoms with E-state index in [9.17, 15) is 9.90 Å². The monoisotopic (exact) mass is 221 g/mol. The van der Waals surface area contributed by atoms with Gasteiger partial charge in [0.25, 0.3) is 5.91 Å². The second kappa shape index (κ2) is 3.75. The van der Waals surface area contributed by atoms with E-state index >= 15 is 0 Å². The number of rotatable bonds is 4. The Hall–Kier alpha value is -1.62. The van der Waals surface area contributed by atoms with Gasteiger partial charge in [0.1, 0.15) is 0 Å². The SMILES string of the molecule is CNc1cnc(C2(CO)CC2)cc1C(N)=O. The summed E-state index contributed by atoms with van der Waals surface area (Å²) in [5, 5.41) is 12.2. The van der Waals surface area contributed by atoms with E-state index in [4.69, 9.17) is 5.73 Å². The molecule has 2 rings (SSSR count). The highest BCUT2D eigenvalue weighted by atomic mass is 16.3. The Morgan fingerprint density at radius 1 is 1.69 bits per heavy atom. The van der Waals surface area contributed by atoms with Crippen LogP contribution in [0.2, 0.25) is 0 Å². The minimum Gasteiger partial charge on any atom is -0.395 e. The number of aliphatic hydroxyl groups is 1. The van der Waals surface area contributed by atoms with Crippen LogP contribution in [0.25, 0.3) is 0 Å². The number of nitrogens with zero attached hydrogens (tertiary/aromatic N) is 1. The molecule has 1 fully saturated rings. The lowest BCUT2D eigenvalue weighted by Gasteiger charge is -2.13. The molecule has 0 atom stereocenters. The van der Waals surface area contributed by atoms with Gasteiger partial charge in [0, 0.05) is 18.2 Å².